The molecule has 2 heterocycles. The summed E-state index contributed by atoms with van der Waals surface area (Å²) in [4.78, 5) is 0. The molecule has 16 heavy (non-hydrogen) atoms. The third kappa shape index (κ3) is 1.39. The van der Waals surface area contributed by atoms with Crippen molar-refractivity contribution in [1.29, 1.82) is 0 Å². The van der Waals surface area contributed by atoms with Crippen LogP contribution in [0.1, 0.15) is 0 Å². The highest BCUT2D eigenvalue weighted by Gasteiger charge is 2.10. The van der Waals surface area contributed by atoms with E-state index in [-0.39, 0.29) is 0 Å². The van der Waals surface area contributed by atoms with Gasteiger partial charge in [-0.25, -0.2) is 4.57 Å². The van der Waals surface area contributed by atoms with Crippen LogP contribution in [0.15, 0.2) is 59.5 Å². The van der Waals surface area contributed by atoms with Crippen LogP contribution in [0.4, 0.5) is 0 Å². The first-order valence-electron chi connectivity index (χ1n) is 5.26. The smallest absolute Gasteiger partial charge is 0.180 e. The van der Waals surface area contributed by atoms with E-state index in [1.165, 1.54) is 10.8 Å². The van der Waals surface area contributed by atoms with Crippen LogP contribution in [0.2, 0.25) is 0 Å². The molecule has 3 aromatic rings. The zero-order valence-electron chi connectivity index (χ0n) is 9.05. The van der Waals surface area contributed by atoms with Crippen LogP contribution in [0.3, 0.4) is 0 Å². The fraction of sp³-hybridized carbons (Fsp3) is 0.0714. The Bertz CT molecular complexity index is 626. The largest absolute Gasteiger partial charge is 0.464 e. The maximum absolute atomic E-state index is 5.47. The summed E-state index contributed by atoms with van der Waals surface area (Å²) >= 11 is 0. The molecule has 0 saturated carbocycles. The fourth-order valence-electron chi connectivity index (χ4n) is 2.01. The number of aryl methyl sites for hydroxylation is 1. The molecule has 0 amide bonds. The van der Waals surface area contributed by atoms with Gasteiger partial charge in [-0.3, -0.25) is 0 Å². The summed E-state index contributed by atoms with van der Waals surface area (Å²) < 4.78 is 7.53. The zero-order valence-corrected chi connectivity index (χ0v) is 9.05. The summed E-state index contributed by atoms with van der Waals surface area (Å²) in [6.45, 7) is 0. The lowest BCUT2D eigenvalue weighted by Crippen LogP contribution is -2.26. The van der Waals surface area contributed by atoms with Gasteiger partial charge in [0.05, 0.1) is 11.8 Å². The number of hydrogen-bond acceptors (Lipinski definition) is 1. The Hall–Kier alpha value is -2.09. The number of rotatable bonds is 1. The molecule has 2 aromatic heterocycles. The molecule has 0 spiro atoms. The molecule has 0 saturated heterocycles. The Kier molecular flexibility index (Phi) is 2.00. The Balaban J connectivity index is 2.39. The average Bonchev–Trinajstić information content (AvgIpc) is 2.81. The zero-order chi connectivity index (χ0) is 11.0. The summed E-state index contributed by atoms with van der Waals surface area (Å²) in [6.07, 6.45) is 5.90. The van der Waals surface area contributed by atoms with Crippen molar-refractivity contribution in [3.8, 4) is 11.3 Å². The van der Waals surface area contributed by atoms with Gasteiger partial charge in [0.25, 0.3) is 0 Å². The average molecular weight is 210 g/mol. The van der Waals surface area contributed by atoms with Crippen molar-refractivity contribution >= 4 is 10.8 Å². The maximum Gasteiger partial charge on any atom is 0.180 e. The van der Waals surface area contributed by atoms with Crippen LogP contribution in [-0.4, -0.2) is 0 Å². The van der Waals surface area contributed by atoms with Crippen molar-refractivity contribution in [1.82, 2.24) is 0 Å². The van der Waals surface area contributed by atoms with Gasteiger partial charge in [-0.2, -0.15) is 0 Å². The fourth-order valence-corrected chi connectivity index (χ4v) is 2.01. The number of hydrogen-bond donors (Lipinski definition) is 0. The minimum absolute atomic E-state index is 0.910. The molecule has 0 fully saturated rings. The summed E-state index contributed by atoms with van der Waals surface area (Å²) in [5.41, 5.74) is 1.13. The van der Waals surface area contributed by atoms with E-state index in [2.05, 4.69) is 35.2 Å². The van der Waals surface area contributed by atoms with Crippen LogP contribution in [0.5, 0.6) is 0 Å². The van der Waals surface area contributed by atoms with E-state index in [9.17, 15) is 0 Å². The minimum Gasteiger partial charge on any atom is -0.464 e. The monoisotopic (exact) mass is 210 g/mol. The summed E-state index contributed by atoms with van der Waals surface area (Å²) in [5, 5.41) is 2.44. The summed E-state index contributed by atoms with van der Waals surface area (Å²) in [7, 11) is 2.03. The van der Waals surface area contributed by atoms with Gasteiger partial charge in [0.2, 0.25) is 0 Å². The van der Waals surface area contributed by atoms with Crippen molar-refractivity contribution in [3.63, 3.8) is 0 Å². The second kappa shape index (κ2) is 3.49. The molecule has 0 unspecified atom stereocenters. The highest BCUT2D eigenvalue weighted by Crippen LogP contribution is 2.26. The number of fused-ring (bicyclic) bond motifs is 1. The van der Waals surface area contributed by atoms with Crippen molar-refractivity contribution in [2.24, 2.45) is 7.05 Å². The van der Waals surface area contributed by atoms with Crippen LogP contribution in [0, 0.1) is 0 Å². The van der Waals surface area contributed by atoms with E-state index < -0.39 is 0 Å². The predicted octanol–water partition coefficient (Wildman–Crippen LogP) is 2.92. The topological polar surface area (TPSA) is 17.0 Å². The van der Waals surface area contributed by atoms with E-state index in [1.54, 1.807) is 6.26 Å². The molecular formula is C14H12NO+. The highest BCUT2D eigenvalue weighted by molar-refractivity contribution is 5.93. The summed E-state index contributed by atoms with van der Waals surface area (Å²) in [5.74, 6) is 0.910. The Morgan fingerprint density at radius 2 is 1.88 bits per heavy atom. The molecule has 0 aliphatic rings. The molecule has 2 nitrogen and oxygen atoms in total. The van der Waals surface area contributed by atoms with Crippen LogP contribution in [0.25, 0.3) is 22.1 Å². The Labute approximate surface area is 93.8 Å². The second-order valence-electron chi connectivity index (χ2n) is 3.90. The quantitative estimate of drug-likeness (QED) is 0.564. The third-order valence-electron chi connectivity index (χ3n) is 2.71. The van der Waals surface area contributed by atoms with Crippen LogP contribution >= 0.6 is 0 Å². The molecule has 0 aliphatic carbocycles. The Morgan fingerprint density at radius 1 is 1.00 bits per heavy atom. The van der Waals surface area contributed by atoms with Gasteiger partial charge in [-0.15, -0.1) is 0 Å². The third-order valence-corrected chi connectivity index (χ3v) is 2.71. The van der Waals surface area contributed by atoms with Gasteiger partial charge in [0.15, 0.2) is 12.4 Å². The van der Waals surface area contributed by atoms with Gasteiger partial charge in [0, 0.05) is 10.8 Å². The molecule has 0 bridgehead atoms. The number of furan rings is 1. The molecule has 3 rings (SSSR count). The predicted molar refractivity (Wildman–Crippen MR) is 62.8 cm³/mol. The normalized spacial score (nSPS) is 10.8. The van der Waals surface area contributed by atoms with Gasteiger partial charge < -0.3 is 4.42 Å². The molecular weight excluding hydrogens is 198 g/mol. The van der Waals surface area contributed by atoms with E-state index in [1.807, 2.05) is 25.2 Å². The second-order valence-corrected chi connectivity index (χ2v) is 3.90. The first-order valence-corrected chi connectivity index (χ1v) is 5.26. The molecule has 0 N–H and O–H groups in total. The lowest BCUT2D eigenvalue weighted by molar-refractivity contribution is -0.669. The van der Waals surface area contributed by atoms with E-state index >= 15 is 0 Å². The molecule has 0 atom stereocenters. The highest BCUT2D eigenvalue weighted by atomic mass is 16.3. The van der Waals surface area contributed by atoms with Crippen LogP contribution < -0.4 is 4.57 Å². The number of benzene rings is 1. The molecule has 2 heteroatoms. The lowest BCUT2D eigenvalue weighted by atomic mass is 10.1. The Morgan fingerprint density at radius 3 is 2.69 bits per heavy atom. The first kappa shape index (κ1) is 9.16. The van der Waals surface area contributed by atoms with Gasteiger partial charge in [-0.05, 0) is 18.2 Å². The molecule has 0 aliphatic heterocycles. The minimum atomic E-state index is 0.910. The van der Waals surface area contributed by atoms with Crippen LogP contribution in [-0.2, 0) is 7.05 Å². The molecule has 1 aromatic carbocycles. The van der Waals surface area contributed by atoms with Crippen molar-refractivity contribution in [2.45, 2.75) is 0 Å². The number of aromatic nitrogens is 1. The van der Waals surface area contributed by atoms with Crippen molar-refractivity contribution in [2.75, 3.05) is 0 Å². The van der Waals surface area contributed by atoms with Crippen molar-refractivity contribution < 1.29 is 8.98 Å². The standard InChI is InChI=1S/C14H12NO/c1-15-9-11-5-2-3-6-12(11)13(10-15)14-7-4-8-16-14/h2-10H,1H3/q+1. The van der Waals surface area contributed by atoms with Gasteiger partial charge >= 0.3 is 0 Å². The SMILES string of the molecule is C[n+]1cc(-c2ccco2)c2ccccc2c1. The molecule has 78 valence electrons. The van der Waals surface area contributed by atoms with Gasteiger partial charge in [-0.1, -0.05) is 18.2 Å². The first-order chi connectivity index (χ1) is 7.84. The van der Waals surface area contributed by atoms with E-state index in [0.29, 0.717) is 0 Å². The number of nitrogens with zero attached hydrogens (tertiary/aromatic N) is 1. The lowest BCUT2D eigenvalue weighted by Gasteiger charge is -2.01. The number of pyridine rings is 1. The van der Waals surface area contributed by atoms with Crippen molar-refractivity contribution in [3.05, 3.63) is 55.1 Å². The summed E-state index contributed by atoms with van der Waals surface area (Å²) in [6, 6.07) is 12.2. The van der Waals surface area contributed by atoms with Gasteiger partial charge in [0.1, 0.15) is 12.8 Å². The molecule has 0 radical (unpaired) electrons. The van der Waals surface area contributed by atoms with E-state index in [4.69, 9.17) is 4.42 Å². The van der Waals surface area contributed by atoms with E-state index in [0.717, 1.165) is 11.3 Å². The maximum atomic E-state index is 5.47.